The minimum Gasteiger partial charge on any atom is -0.196 e. The van der Waals surface area contributed by atoms with Gasteiger partial charge in [-0.2, -0.15) is 20.8 Å². The molecule has 0 aliphatic rings. The van der Waals surface area contributed by atoms with Crippen LogP contribution in [0.4, 0.5) is 0 Å². The van der Waals surface area contributed by atoms with Crippen LogP contribution in [0.25, 0.3) is 0 Å². The van der Waals surface area contributed by atoms with Gasteiger partial charge in [-0.1, -0.05) is 0 Å². The Kier molecular flexibility index (Phi) is 3.77. The Labute approximate surface area is 85.3 Å². The van der Waals surface area contributed by atoms with E-state index in [1.54, 1.807) is 13.8 Å². The van der Waals surface area contributed by atoms with Gasteiger partial charge in [0, 0.05) is 0 Å². The van der Waals surface area contributed by atoms with E-state index >= 15 is 0 Å². The summed E-state index contributed by atoms with van der Waals surface area (Å²) in [7, 11) is 0. The molecular weight excluding hydrogens is 176 g/mol. The normalized spacial score (nSPS) is 14.8. The van der Waals surface area contributed by atoms with Gasteiger partial charge < -0.3 is 0 Å². The molecule has 4 nitrogen and oxygen atoms in total. The predicted octanol–water partition coefficient (Wildman–Crippen LogP) is 2.68. The van der Waals surface area contributed by atoms with Crippen molar-refractivity contribution in [1.29, 1.82) is 10.5 Å². The van der Waals surface area contributed by atoms with Crippen molar-refractivity contribution < 1.29 is 0 Å². The third kappa shape index (κ3) is 3.53. The Bertz CT molecular complexity index is 284. The van der Waals surface area contributed by atoms with E-state index in [4.69, 9.17) is 10.5 Å². The molecule has 0 amide bonds. The minimum atomic E-state index is -1.09. The van der Waals surface area contributed by atoms with Crippen LogP contribution in [0.3, 0.4) is 0 Å². The molecule has 0 aromatic carbocycles. The Morgan fingerprint density at radius 2 is 1.50 bits per heavy atom. The van der Waals surface area contributed by atoms with E-state index in [-0.39, 0.29) is 5.54 Å². The van der Waals surface area contributed by atoms with Gasteiger partial charge in [-0.3, -0.25) is 0 Å². The molecule has 0 aromatic heterocycles. The van der Waals surface area contributed by atoms with Crippen molar-refractivity contribution >= 4 is 0 Å². The van der Waals surface area contributed by atoms with Crippen molar-refractivity contribution in [2.24, 2.45) is 15.6 Å². The molecule has 0 aromatic rings. The number of nitrogens with zero attached hydrogens (tertiary/aromatic N) is 4. The standard InChI is InChI=1S/C10H16N4/c1-8(10(5,6-11)7-12)13-14-9(2,3)4/h8H,1-5H3. The molecule has 4 heteroatoms. The van der Waals surface area contributed by atoms with Gasteiger partial charge in [-0.05, 0) is 34.6 Å². The van der Waals surface area contributed by atoms with Crippen molar-refractivity contribution in [3.63, 3.8) is 0 Å². The summed E-state index contributed by atoms with van der Waals surface area (Å²) in [5.41, 5.74) is -1.35. The van der Waals surface area contributed by atoms with Crippen molar-refractivity contribution in [3.8, 4) is 12.1 Å². The number of hydrogen-bond donors (Lipinski definition) is 0. The molecule has 0 heterocycles. The van der Waals surface area contributed by atoms with Crippen LogP contribution in [0.5, 0.6) is 0 Å². The summed E-state index contributed by atoms with van der Waals surface area (Å²) < 4.78 is 0. The van der Waals surface area contributed by atoms with E-state index in [0.717, 1.165) is 0 Å². The molecule has 0 radical (unpaired) electrons. The van der Waals surface area contributed by atoms with E-state index < -0.39 is 11.5 Å². The average molecular weight is 192 g/mol. The molecule has 0 saturated heterocycles. The number of hydrogen-bond acceptors (Lipinski definition) is 4. The SMILES string of the molecule is CC(N=NC(C)(C)C)C(C)(C#N)C#N. The van der Waals surface area contributed by atoms with Gasteiger partial charge in [0.15, 0.2) is 5.41 Å². The third-order valence-corrected chi connectivity index (χ3v) is 1.83. The lowest BCUT2D eigenvalue weighted by Gasteiger charge is -2.18. The highest BCUT2D eigenvalue weighted by Crippen LogP contribution is 2.23. The quantitative estimate of drug-likeness (QED) is 0.631. The van der Waals surface area contributed by atoms with E-state index in [1.165, 1.54) is 0 Å². The second-order valence-electron chi connectivity index (χ2n) is 4.49. The highest BCUT2D eigenvalue weighted by Gasteiger charge is 2.31. The monoisotopic (exact) mass is 192 g/mol. The summed E-state index contributed by atoms with van der Waals surface area (Å²) in [6.07, 6.45) is 0. The van der Waals surface area contributed by atoms with Crippen LogP contribution in [0.1, 0.15) is 34.6 Å². The molecule has 1 unspecified atom stereocenters. The zero-order valence-electron chi connectivity index (χ0n) is 9.37. The summed E-state index contributed by atoms with van der Waals surface area (Å²) in [5.74, 6) is 0. The zero-order chi connectivity index (χ0) is 11.4. The van der Waals surface area contributed by atoms with Gasteiger partial charge in [0.2, 0.25) is 0 Å². The van der Waals surface area contributed by atoms with Crippen LogP contribution >= 0.6 is 0 Å². The molecule has 0 bridgehead atoms. The Morgan fingerprint density at radius 1 is 1.07 bits per heavy atom. The summed E-state index contributed by atoms with van der Waals surface area (Å²) in [6, 6.07) is 3.49. The summed E-state index contributed by atoms with van der Waals surface area (Å²) in [5, 5.41) is 25.7. The molecule has 0 fully saturated rings. The minimum absolute atomic E-state index is 0.264. The van der Waals surface area contributed by atoms with Gasteiger partial charge in [-0.15, -0.1) is 0 Å². The molecule has 14 heavy (non-hydrogen) atoms. The molecule has 0 spiro atoms. The lowest BCUT2D eigenvalue weighted by atomic mass is 9.87. The molecule has 1 atom stereocenters. The van der Waals surface area contributed by atoms with Crippen LogP contribution in [0.2, 0.25) is 0 Å². The smallest absolute Gasteiger partial charge is 0.164 e. The molecule has 0 aliphatic carbocycles. The van der Waals surface area contributed by atoms with Gasteiger partial charge in [0.25, 0.3) is 0 Å². The molecule has 0 aliphatic heterocycles. The molecule has 0 N–H and O–H groups in total. The van der Waals surface area contributed by atoms with E-state index in [0.29, 0.717) is 0 Å². The molecule has 0 rings (SSSR count). The zero-order valence-corrected chi connectivity index (χ0v) is 9.37. The van der Waals surface area contributed by atoms with Crippen LogP contribution in [0, 0.1) is 28.1 Å². The summed E-state index contributed by atoms with van der Waals surface area (Å²) in [6.45, 7) is 9.04. The first kappa shape index (κ1) is 12.6. The first-order chi connectivity index (χ1) is 6.25. The first-order valence-electron chi connectivity index (χ1n) is 4.50. The van der Waals surface area contributed by atoms with Gasteiger partial charge >= 0.3 is 0 Å². The fraction of sp³-hybridized carbons (Fsp3) is 0.800. The number of rotatable bonds is 2. The molecular formula is C10H16N4. The summed E-state index contributed by atoms with van der Waals surface area (Å²) >= 11 is 0. The molecule has 0 saturated carbocycles. The predicted molar refractivity (Wildman–Crippen MR) is 53.4 cm³/mol. The fourth-order valence-corrected chi connectivity index (χ4v) is 0.587. The fourth-order valence-electron chi connectivity index (χ4n) is 0.587. The second kappa shape index (κ2) is 4.19. The van der Waals surface area contributed by atoms with Gasteiger partial charge in [0.05, 0.1) is 23.7 Å². The van der Waals surface area contributed by atoms with Crippen molar-refractivity contribution in [3.05, 3.63) is 0 Å². The topological polar surface area (TPSA) is 72.3 Å². The van der Waals surface area contributed by atoms with Crippen LogP contribution < -0.4 is 0 Å². The van der Waals surface area contributed by atoms with Crippen LogP contribution in [-0.2, 0) is 0 Å². The van der Waals surface area contributed by atoms with Crippen molar-refractivity contribution in [2.45, 2.75) is 46.2 Å². The second-order valence-corrected chi connectivity index (χ2v) is 4.49. The first-order valence-corrected chi connectivity index (χ1v) is 4.50. The maximum atomic E-state index is 8.81. The van der Waals surface area contributed by atoms with Crippen LogP contribution in [0.15, 0.2) is 10.2 Å². The number of nitriles is 2. The lowest BCUT2D eigenvalue weighted by molar-refractivity contribution is 0.428. The summed E-state index contributed by atoms with van der Waals surface area (Å²) in [4.78, 5) is 0. The van der Waals surface area contributed by atoms with Gasteiger partial charge in [-0.25, -0.2) is 0 Å². The van der Waals surface area contributed by atoms with E-state index in [1.807, 2.05) is 32.9 Å². The Balaban J connectivity index is 4.69. The maximum absolute atomic E-state index is 8.81. The largest absolute Gasteiger partial charge is 0.196 e. The Morgan fingerprint density at radius 3 is 1.79 bits per heavy atom. The Hall–Kier alpha value is -1.42. The van der Waals surface area contributed by atoms with Crippen molar-refractivity contribution in [1.82, 2.24) is 0 Å². The average Bonchev–Trinajstić information content (AvgIpc) is 2.11. The van der Waals surface area contributed by atoms with E-state index in [2.05, 4.69) is 10.2 Å². The molecule has 76 valence electrons. The number of azo groups is 1. The van der Waals surface area contributed by atoms with Gasteiger partial charge in [0.1, 0.15) is 0 Å². The third-order valence-electron chi connectivity index (χ3n) is 1.83. The highest BCUT2D eigenvalue weighted by atomic mass is 15.2. The van der Waals surface area contributed by atoms with E-state index in [9.17, 15) is 0 Å². The van der Waals surface area contributed by atoms with Crippen LogP contribution in [-0.4, -0.2) is 11.6 Å². The lowest BCUT2D eigenvalue weighted by Crippen LogP contribution is -2.25. The van der Waals surface area contributed by atoms with Crippen molar-refractivity contribution in [2.75, 3.05) is 0 Å². The maximum Gasteiger partial charge on any atom is 0.164 e. The highest BCUT2D eigenvalue weighted by molar-refractivity contribution is 5.15.